The summed E-state index contributed by atoms with van der Waals surface area (Å²) >= 11 is 6.22. The summed E-state index contributed by atoms with van der Waals surface area (Å²) in [6.07, 6.45) is 0.695. The van der Waals surface area contributed by atoms with Crippen molar-refractivity contribution >= 4 is 34.9 Å². The van der Waals surface area contributed by atoms with E-state index in [1.807, 2.05) is 24.3 Å². The van der Waals surface area contributed by atoms with Gasteiger partial charge in [-0.3, -0.25) is 14.6 Å². The lowest BCUT2D eigenvalue weighted by molar-refractivity contribution is -0.142. The minimum absolute atomic E-state index is 0.109. The summed E-state index contributed by atoms with van der Waals surface area (Å²) in [5.74, 6) is -1.37. The highest BCUT2D eigenvalue weighted by molar-refractivity contribution is 6.50. The molecule has 0 saturated heterocycles. The van der Waals surface area contributed by atoms with Gasteiger partial charge in [-0.25, -0.2) is 4.39 Å². The molecule has 0 fully saturated rings. The highest BCUT2D eigenvalue weighted by atomic mass is 35.5. The van der Waals surface area contributed by atoms with Gasteiger partial charge in [-0.15, -0.1) is 0 Å². The van der Waals surface area contributed by atoms with E-state index in [-0.39, 0.29) is 35.2 Å². The van der Waals surface area contributed by atoms with E-state index < -0.39 is 17.7 Å². The van der Waals surface area contributed by atoms with Gasteiger partial charge in [-0.2, -0.15) is 0 Å². The second-order valence-corrected chi connectivity index (χ2v) is 7.15. The number of ether oxygens (including phenoxy) is 1. The summed E-state index contributed by atoms with van der Waals surface area (Å²) in [5.41, 5.74) is 2.39. The number of carbonyl (C=O) groups excluding carboxylic acids is 2. The molecular formula is C22H22ClFN2O3. The number of halogens is 2. The molecule has 1 aliphatic rings. The van der Waals surface area contributed by atoms with Crippen molar-refractivity contribution in [1.82, 2.24) is 0 Å². The summed E-state index contributed by atoms with van der Waals surface area (Å²) in [6, 6.07) is 10.1. The Morgan fingerprint density at radius 2 is 2.03 bits per heavy atom. The standard InChI is InChI=1S/C22H22ClFN2O3/c1-3-13-12-25-21(16-8-6-5-7-15(13)16)22(28)26-19-11-18(24)14(9-17(19)23)10-20(27)29-4-2/h5-9,11,13H,3-4,10,12H2,1-2H3,(H,26,28). The van der Waals surface area contributed by atoms with Crippen molar-refractivity contribution in [2.24, 2.45) is 4.99 Å². The molecule has 0 saturated carbocycles. The number of carbonyl (C=O) groups is 2. The van der Waals surface area contributed by atoms with Gasteiger partial charge in [0, 0.05) is 23.6 Å². The Hall–Kier alpha value is -2.73. The SMILES string of the molecule is CCOC(=O)Cc1cc(Cl)c(NC(=O)C2=NCC(CC)c3ccccc32)cc1F. The van der Waals surface area contributed by atoms with Crippen LogP contribution in [0.5, 0.6) is 0 Å². The lowest BCUT2D eigenvalue weighted by Gasteiger charge is -2.23. The molecule has 0 aromatic heterocycles. The summed E-state index contributed by atoms with van der Waals surface area (Å²) in [7, 11) is 0. The zero-order valence-electron chi connectivity index (χ0n) is 16.3. The number of hydrogen-bond donors (Lipinski definition) is 1. The van der Waals surface area contributed by atoms with Crippen LogP contribution in [0.3, 0.4) is 0 Å². The van der Waals surface area contributed by atoms with E-state index in [2.05, 4.69) is 17.2 Å². The summed E-state index contributed by atoms with van der Waals surface area (Å²) < 4.78 is 19.2. The molecule has 7 heteroatoms. The normalized spacial score (nSPS) is 15.3. The van der Waals surface area contributed by atoms with Gasteiger partial charge in [-0.1, -0.05) is 42.8 Å². The largest absolute Gasteiger partial charge is 0.466 e. The average Bonchev–Trinajstić information content (AvgIpc) is 2.71. The van der Waals surface area contributed by atoms with Gasteiger partial charge in [0.25, 0.3) is 5.91 Å². The zero-order chi connectivity index (χ0) is 21.0. The predicted octanol–water partition coefficient (Wildman–Crippen LogP) is 4.52. The number of amides is 1. The molecule has 29 heavy (non-hydrogen) atoms. The van der Waals surface area contributed by atoms with Crippen molar-refractivity contribution in [1.29, 1.82) is 0 Å². The second kappa shape index (κ2) is 9.18. The fourth-order valence-corrected chi connectivity index (χ4v) is 3.60. The first-order chi connectivity index (χ1) is 13.9. The van der Waals surface area contributed by atoms with Crippen LogP contribution in [0, 0.1) is 5.82 Å². The topological polar surface area (TPSA) is 67.8 Å². The van der Waals surface area contributed by atoms with E-state index >= 15 is 0 Å². The Morgan fingerprint density at radius 3 is 2.76 bits per heavy atom. The maximum absolute atomic E-state index is 14.4. The Balaban J connectivity index is 1.82. The highest BCUT2D eigenvalue weighted by Gasteiger charge is 2.26. The van der Waals surface area contributed by atoms with Crippen molar-refractivity contribution in [3.8, 4) is 0 Å². The number of aliphatic imine (C=N–C) groups is 1. The van der Waals surface area contributed by atoms with Gasteiger partial charge in [-0.05, 0) is 31.0 Å². The van der Waals surface area contributed by atoms with E-state index in [1.165, 1.54) is 6.07 Å². The van der Waals surface area contributed by atoms with Crippen LogP contribution in [0.2, 0.25) is 5.02 Å². The predicted molar refractivity (Wildman–Crippen MR) is 111 cm³/mol. The smallest absolute Gasteiger partial charge is 0.310 e. The Kier molecular flexibility index (Phi) is 6.64. The monoisotopic (exact) mass is 416 g/mol. The van der Waals surface area contributed by atoms with Crippen LogP contribution in [0.15, 0.2) is 41.4 Å². The third-order valence-corrected chi connectivity index (χ3v) is 5.17. The number of esters is 1. The van der Waals surface area contributed by atoms with Gasteiger partial charge >= 0.3 is 5.97 Å². The van der Waals surface area contributed by atoms with Gasteiger partial charge in [0.15, 0.2) is 0 Å². The van der Waals surface area contributed by atoms with Crippen LogP contribution in [0.4, 0.5) is 10.1 Å². The van der Waals surface area contributed by atoms with Gasteiger partial charge < -0.3 is 10.1 Å². The fraction of sp³-hybridized carbons (Fsp3) is 0.318. The third-order valence-electron chi connectivity index (χ3n) is 4.86. The zero-order valence-corrected chi connectivity index (χ0v) is 17.1. The maximum Gasteiger partial charge on any atom is 0.310 e. The number of rotatable bonds is 6. The molecule has 1 amide bonds. The molecule has 0 bridgehead atoms. The number of benzene rings is 2. The Morgan fingerprint density at radius 1 is 1.28 bits per heavy atom. The second-order valence-electron chi connectivity index (χ2n) is 6.74. The van der Waals surface area contributed by atoms with E-state index in [4.69, 9.17) is 16.3 Å². The minimum atomic E-state index is -0.644. The lowest BCUT2D eigenvalue weighted by atomic mass is 9.87. The summed E-state index contributed by atoms with van der Waals surface area (Å²) in [4.78, 5) is 28.9. The van der Waals surface area contributed by atoms with Crippen LogP contribution in [-0.4, -0.2) is 30.7 Å². The molecule has 1 unspecified atom stereocenters. The first kappa shape index (κ1) is 21.0. The first-order valence-corrected chi connectivity index (χ1v) is 9.91. The summed E-state index contributed by atoms with van der Waals surface area (Å²) in [6.45, 7) is 4.50. The maximum atomic E-state index is 14.4. The quantitative estimate of drug-likeness (QED) is 0.704. The summed E-state index contributed by atoms with van der Waals surface area (Å²) in [5, 5.41) is 2.78. The van der Waals surface area contributed by atoms with E-state index in [9.17, 15) is 14.0 Å². The van der Waals surface area contributed by atoms with Crippen LogP contribution < -0.4 is 5.32 Å². The fourth-order valence-electron chi connectivity index (χ4n) is 3.37. The molecule has 2 aromatic carbocycles. The van der Waals surface area contributed by atoms with Crippen LogP contribution in [-0.2, 0) is 20.7 Å². The molecule has 0 spiro atoms. The Labute approximate surface area is 173 Å². The van der Waals surface area contributed by atoms with Crippen molar-refractivity contribution in [2.45, 2.75) is 32.6 Å². The van der Waals surface area contributed by atoms with Crippen LogP contribution in [0.1, 0.15) is 42.9 Å². The van der Waals surface area contributed by atoms with E-state index in [0.29, 0.717) is 12.3 Å². The van der Waals surface area contributed by atoms with E-state index in [0.717, 1.165) is 23.6 Å². The number of nitrogens with zero attached hydrogens (tertiary/aromatic N) is 1. The number of anilines is 1. The molecule has 3 rings (SSSR count). The van der Waals surface area contributed by atoms with Crippen LogP contribution in [0.25, 0.3) is 0 Å². The molecule has 0 radical (unpaired) electrons. The van der Waals surface area contributed by atoms with Crippen molar-refractivity contribution in [2.75, 3.05) is 18.5 Å². The molecule has 1 atom stereocenters. The molecule has 2 aromatic rings. The minimum Gasteiger partial charge on any atom is -0.466 e. The van der Waals surface area contributed by atoms with Crippen LogP contribution >= 0.6 is 11.6 Å². The van der Waals surface area contributed by atoms with Gasteiger partial charge in [0.05, 0.1) is 23.7 Å². The third kappa shape index (κ3) is 4.65. The van der Waals surface area contributed by atoms with Crippen molar-refractivity contribution < 1.29 is 18.7 Å². The highest BCUT2D eigenvalue weighted by Crippen LogP contribution is 2.30. The molecule has 0 aliphatic carbocycles. The first-order valence-electron chi connectivity index (χ1n) is 9.53. The average molecular weight is 417 g/mol. The molecular weight excluding hydrogens is 395 g/mol. The van der Waals surface area contributed by atoms with Gasteiger partial charge in [0.1, 0.15) is 11.5 Å². The van der Waals surface area contributed by atoms with E-state index in [1.54, 1.807) is 6.92 Å². The molecule has 5 nitrogen and oxygen atoms in total. The molecule has 1 aliphatic heterocycles. The van der Waals surface area contributed by atoms with Gasteiger partial charge in [0.2, 0.25) is 0 Å². The van der Waals surface area contributed by atoms with Crippen molar-refractivity contribution in [3.05, 3.63) is 63.9 Å². The molecule has 152 valence electrons. The number of nitrogens with one attached hydrogen (secondary N) is 1. The molecule has 1 heterocycles. The Bertz CT molecular complexity index is 975. The lowest BCUT2D eigenvalue weighted by Crippen LogP contribution is -2.29. The van der Waals surface area contributed by atoms with Crippen molar-refractivity contribution in [3.63, 3.8) is 0 Å². The number of hydrogen-bond acceptors (Lipinski definition) is 4. The number of fused-ring (bicyclic) bond motifs is 1. The molecule has 1 N–H and O–H groups in total.